The third kappa shape index (κ3) is 6.72. The van der Waals surface area contributed by atoms with Gasteiger partial charge in [-0.1, -0.05) is 22.0 Å². The number of anilines is 1. The second kappa shape index (κ2) is 9.52. The van der Waals surface area contributed by atoms with Crippen LogP contribution in [-0.2, 0) is 0 Å². The van der Waals surface area contributed by atoms with E-state index in [2.05, 4.69) is 36.9 Å². The number of guanidine groups is 1. The molecule has 0 spiro atoms. The van der Waals surface area contributed by atoms with Crippen molar-refractivity contribution in [2.75, 3.05) is 32.5 Å². The highest BCUT2D eigenvalue weighted by Crippen LogP contribution is 2.14. The second-order valence-corrected chi connectivity index (χ2v) is 4.10. The lowest BCUT2D eigenvalue weighted by Gasteiger charge is -2.10. The highest BCUT2D eigenvalue weighted by atomic mass is 127. The van der Waals surface area contributed by atoms with E-state index in [9.17, 15) is 0 Å². The molecule has 3 N–H and O–H groups in total. The summed E-state index contributed by atoms with van der Waals surface area (Å²) in [6.07, 6.45) is 0. The van der Waals surface area contributed by atoms with Crippen molar-refractivity contribution < 1.29 is 0 Å². The predicted octanol–water partition coefficient (Wildman–Crippen LogP) is 2.27. The van der Waals surface area contributed by atoms with Gasteiger partial charge in [0.2, 0.25) is 0 Å². The molecule has 0 aromatic heterocycles. The van der Waals surface area contributed by atoms with Crippen molar-refractivity contribution in [2.45, 2.75) is 0 Å². The predicted molar refractivity (Wildman–Crippen MR) is 88.5 cm³/mol. The average molecular weight is 413 g/mol. The van der Waals surface area contributed by atoms with Crippen LogP contribution in [0.1, 0.15) is 0 Å². The topological polar surface area (TPSA) is 48.5 Å². The van der Waals surface area contributed by atoms with Gasteiger partial charge in [0.15, 0.2) is 5.96 Å². The molecule has 0 unspecified atom stereocenters. The lowest BCUT2D eigenvalue weighted by atomic mass is 10.3. The first-order valence-electron chi connectivity index (χ1n) is 5.14. The molecule has 0 aliphatic rings. The number of hydrogen-bond donors (Lipinski definition) is 3. The summed E-state index contributed by atoms with van der Waals surface area (Å²) in [6.45, 7) is 1.66. The van der Waals surface area contributed by atoms with Gasteiger partial charge in [0, 0.05) is 37.3 Å². The smallest absolute Gasteiger partial charge is 0.190 e. The van der Waals surface area contributed by atoms with Crippen LogP contribution in [0.15, 0.2) is 33.7 Å². The zero-order valence-corrected chi connectivity index (χ0v) is 13.9. The largest absolute Gasteiger partial charge is 0.383 e. The van der Waals surface area contributed by atoms with E-state index in [4.69, 9.17) is 0 Å². The van der Waals surface area contributed by atoms with Gasteiger partial charge in [-0.3, -0.25) is 4.99 Å². The zero-order valence-electron chi connectivity index (χ0n) is 9.96. The van der Waals surface area contributed by atoms with E-state index in [1.165, 1.54) is 0 Å². The molecule has 1 rings (SSSR count). The number of nitrogens with zero attached hydrogens (tertiary/aromatic N) is 1. The first-order valence-corrected chi connectivity index (χ1v) is 5.93. The second-order valence-electron chi connectivity index (χ2n) is 3.19. The Morgan fingerprint density at radius 3 is 2.71 bits per heavy atom. The van der Waals surface area contributed by atoms with Gasteiger partial charge in [0.1, 0.15) is 0 Å². The normalized spacial score (nSPS) is 10.4. The molecular formula is C11H18BrIN4. The number of hydrogen-bond acceptors (Lipinski definition) is 2. The molecule has 0 heterocycles. The number of halogens is 2. The van der Waals surface area contributed by atoms with Crippen LogP contribution in [0.3, 0.4) is 0 Å². The zero-order chi connectivity index (χ0) is 11.8. The summed E-state index contributed by atoms with van der Waals surface area (Å²) in [5.74, 6) is 0.802. The van der Waals surface area contributed by atoms with Crippen LogP contribution in [0.25, 0.3) is 0 Å². The lowest BCUT2D eigenvalue weighted by Crippen LogP contribution is -2.37. The quantitative estimate of drug-likeness (QED) is 0.307. The molecule has 0 radical (unpaired) electrons. The van der Waals surface area contributed by atoms with Gasteiger partial charge in [0.25, 0.3) is 0 Å². The Morgan fingerprint density at radius 1 is 1.35 bits per heavy atom. The van der Waals surface area contributed by atoms with Crippen molar-refractivity contribution in [1.82, 2.24) is 10.6 Å². The molecule has 0 amide bonds. The molecule has 0 saturated heterocycles. The summed E-state index contributed by atoms with van der Waals surface area (Å²) in [5.41, 5.74) is 1.11. The molecule has 0 fully saturated rings. The number of aliphatic imine (C=N–C) groups is 1. The van der Waals surface area contributed by atoms with Crippen molar-refractivity contribution in [2.24, 2.45) is 4.99 Å². The number of rotatable bonds is 4. The Hall–Kier alpha value is -0.500. The van der Waals surface area contributed by atoms with E-state index < -0.39 is 0 Å². The summed E-state index contributed by atoms with van der Waals surface area (Å²) in [7, 11) is 3.59. The molecule has 1 aromatic rings. The highest BCUT2D eigenvalue weighted by molar-refractivity contribution is 14.0. The summed E-state index contributed by atoms with van der Waals surface area (Å²) in [4.78, 5) is 4.02. The van der Waals surface area contributed by atoms with Gasteiger partial charge in [-0.15, -0.1) is 24.0 Å². The SMILES string of the molecule is CN=C(NC)NCCNc1cccc(Br)c1.I. The van der Waals surface area contributed by atoms with Crippen LogP contribution < -0.4 is 16.0 Å². The first-order chi connectivity index (χ1) is 7.76. The summed E-state index contributed by atoms with van der Waals surface area (Å²) < 4.78 is 1.08. The monoisotopic (exact) mass is 412 g/mol. The van der Waals surface area contributed by atoms with Crippen LogP contribution in [0.4, 0.5) is 5.69 Å². The minimum atomic E-state index is 0. The Kier molecular flexibility index (Phi) is 9.24. The Labute approximate surface area is 128 Å². The van der Waals surface area contributed by atoms with Crippen LogP contribution in [-0.4, -0.2) is 33.1 Å². The molecule has 1 aromatic carbocycles. The Morgan fingerprint density at radius 2 is 2.12 bits per heavy atom. The van der Waals surface area contributed by atoms with Gasteiger partial charge >= 0.3 is 0 Å². The van der Waals surface area contributed by atoms with E-state index in [1.807, 2.05) is 31.3 Å². The molecule has 6 heteroatoms. The summed E-state index contributed by atoms with van der Waals surface area (Å²) in [5, 5.41) is 9.45. The fourth-order valence-electron chi connectivity index (χ4n) is 1.27. The van der Waals surface area contributed by atoms with Gasteiger partial charge in [-0.2, -0.15) is 0 Å². The fraction of sp³-hybridized carbons (Fsp3) is 0.364. The standard InChI is InChI=1S/C11H17BrN4.HI/c1-13-11(14-2)16-7-6-15-10-5-3-4-9(12)8-10;/h3-5,8,15H,6-7H2,1-2H3,(H2,13,14,16);1H. The van der Waals surface area contributed by atoms with Gasteiger partial charge in [0.05, 0.1) is 0 Å². The fourth-order valence-corrected chi connectivity index (χ4v) is 1.66. The van der Waals surface area contributed by atoms with E-state index in [0.717, 1.165) is 29.2 Å². The molecule has 0 bridgehead atoms. The van der Waals surface area contributed by atoms with Crippen molar-refractivity contribution in [3.63, 3.8) is 0 Å². The molecule has 0 aliphatic carbocycles. The number of benzene rings is 1. The van der Waals surface area contributed by atoms with E-state index in [1.54, 1.807) is 7.05 Å². The van der Waals surface area contributed by atoms with E-state index >= 15 is 0 Å². The third-order valence-corrected chi connectivity index (χ3v) is 2.52. The van der Waals surface area contributed by atoms with Gasteiger partial charge in [-0.05, 0) is 18.2 Å². The molecule has 17 heavy (non-hydrogen) atoms. The third-order valence-electron chi connectivity index (χ3n) is 2.03. The van der Waals surface area contributed by atoms with Crippen LogP contribution in [0, 0.1) is 0 Å². The van der Waals surface area contributed by atoms with Gasteiger partial charge in [-0.25, -0.2) is 0 Å². The molecule has 96 valence electrons. The maximum Gasteiger partial charge on any atom is 0.190 e. The molecular weight excluding hydrogens is 395 g/mol. The van der Waals surface area contributed by atoms with Crippen molar-refractivity contribution >= 4 is 51.6 Å². The maximum atomic E-state index is 4.02. The van der Waals surface area contributed by atoms with Gasteiger partial charge < -0.3 is 16.0 Å². The maximum absolute atomic E-state index is 4.02. The number of nitrogens with one attached hydrogen (secondary N) is 3. The Balaban J connectivity index is 0.00000256. The summed E-state index contributed by atoms with van der Waals surface area (Å²) >= 11 is 3.43. The molecule has 0 aliphatic heterocycles. The molecule has 4 nitrogen and oxygen atoms in total. The van der Waals surface area contributed by atoms with E-state index in [0.29, 0.717) is 0 Å². The van der Waals surface area contributed by atoms with Crippen LogP contribution >= 0.6 is 39.9 Å². The highest BCUT2D eigenvalue weighted by Gasteiger charge is 1.94. The first kappa shape index (κ1) is 16.5. The minimum absolute atomic E-state index is 0. The molecule has 0 atom stereocenters. The van der Waals surface area contributed by atoms with Crippen molar-refractivity contribution in [3.05, 3.63) is 28.7 Å². The van der Waals surface area contributed by atoms with Crippen LogP contribution in [0.5, 0.6) is 0 Å². The Bertz CT molecular complexity index is 357. The molecule has 0 saturated carbocycles. The van der Waals surface area contributed by atoms with E-state index in [-0.39, 0.29) is 24.0 Å². The van der Waals surface area contributed by atoms with Crippen molar-refractivity contribution in [3.8, 4) is 0 Å². The van der Waals surface area contributed by atoms with Crippen LogP contribution in [0.2, 0.25) is 0 Å². The lowest BCUT2D eigenvalue weighted by molar-refractivity contribution is 0.866. The summed E-state index contributed by atoms with van der Waals surface area (Å²) in [6, 6.07) is 8.10. The van der Waals surface area contributed by atoms with Crippen molar-refractivity contribution in [1.29, 1.82) is 0 Å². The average Bonchev–Trinajstić information content (AvgIpc) is 2.29. The minimum Gasteiger partial charge on any atom is -0.383 e.